The number of benzene rings is 2. The van der Waals surface area contributed by atoms with E-state index in [2.05, 4.69) is 78.0 Å². The van der Waals surface area contributed by atoms with Crippen LogP contribution in [0.2, 0.25) is 0 Å². The molecule has 0 saturated carbocycles. The van der Waals surface area contributed by atoms with E-state index in [9.17, 15) is 0 Å². The summed E-state index contributed by atoms with van der Waals surface area (Å²) in [6.45, 7) is 5.29. The second-order valence-electron chi connectivity index (χ2n) is 8.49. The van der Waals surface area contributed by atoms with Crippen molar-refractivity contribution in [3.05, 3.63) is 71.7 Å². The van der Waals surface area contributed by atoms with E-state index in [1.165, 1.54) is 41.0 Å². The van der Waals surface area contributed by atoms with Crippen LogP contribution in [0.15, 0.2) is 54.6 Å². The van der Waals surface area contributed by atoms with Crippen molar-refractivity contribution in [2.24, 2.45) is 14.1 Å². The molecule has 0 amide bonds. The van der Waals surface area contributed by atoms with Crippen molar-refractivity contribution in [2.45, 2.75) is 32.2 Å². The average Bonchev–Trinajstić information content (AvgIpc) is 3.26. The maximum atomic E-state index is 4.98. The summed E-state index contributed by atoms with van der Waals surface area (Å²) in [6.07, 6.45) is 2.40. The van der Waals surface area contributed by atoms with Gasteiger partial charge in [0.15, 0.2) is 0 Å². The SMILES string of the molecule is Cc1c(CN2CCCC(c3nc4ccccc4n3C)C2)c(-c2ccccc2)nn1C. The summed E-state index contributed by atoms with van der Waals surface area (Å²) in [5.41, 5.74) is 7.22. The van der Waals surface area contributed by atoms with Crippen molar-refractivity contribution >= 4 is 11.0 Å². The first-order valence-corrected chi connectivity index (χ1v) is 10.8. The van der Waals surface area contributed by atoms with Crippen molar-refractivity contribution in [2.75, 3.05) is 13.1 Å². The standard InChI is InChI=1S/C25H29N5/c1-18-21(24(27-29(18)3)19-10-5-4-6-11-19)17-30-15-9-12-20(16-30)25-26-22-13-7-8-14-23(22)28(25)2/h4-8,10-11,13-14,20H,9,12,15-17H2,1-3H3. The third-order valence-electron chi connectivity index (χ3n) is 6.58. The number of aromatic nitrogens is 4. The lowest BCUT2D eigenvalue weighted by Gasteiger charge is -2.32. The summed E-state index contributed by atoms with van der Waals surface area (Å²) in [5, 5.41) is 4.84. The monoisotopic (exact) mass is 399 g/mol. The Labute approximate surface area is 178 Å². The van der Waals surface area contributed by atoms with Gasteiger partial charge < -0.3 is 4.57 Å². The molecule has 1 aliphatic rings. The van der Waals surface area contributed by atoms with E-state index in [4.69, 9.17) is 10.1 Å². The van der Waals surface area contributed by atoms with Crippen LogP contribution in [0.5, 0.6) is 0 Å². The second kappa shape index (κ2) is 7.73. The maximum Gasteiger partial charge on any atom is 0.114 e. The van der Waals surface area contributed by atoms with Crippen molar-refractivity contribution in [1.29, 1.82) is 0 Å². The van der Waals surface area contributed by atoms with Crippen molar-refractivity contribution in [1.82, 2.24) is 24.2 Å². The van der Waals surface area contributed by atoms with Gasteiger partial charge in [-0.2, -0.15) is 5.10 Å². The van der Waals surface area contributed by atoms with Crippen LogP contribution in [0, 0.1) is 6.92 Å². The zero-order valence-corrected chi connectivity index (χ0v) is 18.0. The fraction of sp³-hybridized carbons (Fsp3) is 0.360. The molecule has 1 fully saturated rings. The minimum atomic E-state index is 0.466. The molecule has 0 N–H and O–H groups in total. The summed E-state index contributed by atoms with van der Waals surface area (Å²) < 4.78 is 4.30. The predicted octanol–water partition coefficient (Wildman–Crippen LogP) is 4.66. The van der Waals surface area contributed by atoms with E-state index in [1.54, 1.807) is 0 Å². The van der Waals surface area contributed by atoms with Gasteiger partial charge in [-0.3, -0.25) is 9.58 Å². The minimum Gasteiger partial charge on any atom is -0.331 e. The summed E-state index contributed by atoms with van der Waals surface area (Å²) in [6, 6.07) is 19.0. The molecule has 4 aromatic rings. The molecule has 0 spiro atoms. The Morgan fingerprint density at radius 2 is 1.77 bits per heavy atom. The highest BCUT2D eigenvalue weighted by molar-refractivity contribution is 5.75. The molecule has 2 aromatic heterocycles. The van der Waals surface area contributed by atoms with E-state index in [0.717, 1.165) is 30.8 Å². The fourth-order valence-electron chi connectivity index (χ4n) is 4.83. The average molecular weight is 400 g/mol. The van der Waals surface area contributed by atoms with Crippen molar-refractivity contribution in [3.63, 3.8) is 0 Å². The lowest BCUT2D eigenvalue weighted by molar-refractivity contribution is 0.195. The number of para-hydroxylation sites is 2. The van der Waals surface area contributed by atoms with Gasteiger partial charge in [0.25, 0.3) is 0 Å². The molecule has 5 nitrogen and oxygen atoms in total. The first-order valence-electron chi connectivity index (χ1n) is 10.8. The number of fused-ring (bicyclic) bond motifs is 1. The zero-order valence-electron chi connectivity index (χ0n) is 18.0. The first-order chi connectivity index (χ1) is 14.6. The molecule has 1 saturated heterocycles. The van der Waals surface area contributed by atoms with E-state index < -0.39 is 0 Å². The number of likely N-dealkylation sites (tertiary alicyclic amines) is 1. The molecule has 2 aromatic carbocycles. The van der Waals surface area contributed by atoms with Crippen LogP contribution in [-0.4, -0.2) is 37.3 Å². The molecular weight excluding hydrogens is 370 g/mol. The molecule has 1 atom stereocenters. The quantitative estimate of drug-likeness (QED) is 0.501. The van der Waals surface area contributed by atoms with Gasteiger partial charge in [-0.15, -0.1) is 0 Å². The molecule has 5 heteroatoms. The number of hydrogen-bond donors (Lipinski definition) is 0. The third-order valence-corrected chi connectivity index (χ3v) is 6.58. The summed E-state index contributed by atoms with van der Waals surface area (Å²) in [7, 11) is 4.20. The van der Waals surface area contributed by atoms with Gasteiger partial charge >= 0.3 is 0 Å². The Morgan fingerprint density at radius 3 is 2.57 bits per heavy atom. The topological polar surface area (TPSA) is 38.9 Å². The normalized spacial score (nSPS) is 17.6. The fourth-order valence-corrected chi connectivity index (χ4v) is 4.83. The van der Waals surface area contributed by atoms with E-state index in [-0.39, 0.29) is 0 Å². The van der Waals surface area contributed by atoms with Crippen LogP contribution < -0.4 is 0 Å². The Morgan fingerprint density at radius 1 is 1.00 bits per heavy atom. The second-order valence-corrected chi connectivity index (χ2v) is 8.49. The molecule has 154 valence electrons. The Kier molecular flexibility index (Phi) is 4.91. The highest BCUT2D eigenvalue weighted by Crippen LogP contribution is 2.31. The molecular formula is C25H29N5. The molecule has 0 radical (unpaired) electrons. The van der Waals surface area contributed by atoms with E-state index in [0.29, 0.717) is 5.92 Å². The molecule has 3 heterocycles. The number of rotatable bonds is 4. The van der Waals surface area contributed by atoms with Crippen molar-refractivity contribution in [3.8, 4) is 11.3 Å². The van der Waals surface area contributed by atoms with Gasteiger partial charge in [0.2, 0.25) is 0 Å². The Hall–Kier alpha value is -2.92. The number of imidazole rings is 1. The van der Waals surface area contributed by atoms with Gasteiger partial charge in [-0.05, 0) is 38.4 Å². The number of nitrogens with zero attached hydrogens (tertiary/aromatic N) is 5. The molecule has 1 aliphatic heterocycles. The van der Waals surface area contributed by atoms with Crippen molar-refractivity contribution < 1.29 is 0 Å². The predicted molar refractivity (Wildman–Crippen MR) is 121 cm³/mol. The number of aryl methyl sites for hydroxylation is 2. The van der Waals surface area contributed by atoms with Gasteiger partial charge in [0.05, 0.1) is 16.7 Å². The smallest absolute Gasteiger partial charge is 0.114 e. The van der Waals surface area contributed by atoms with Gasteiger partial charge in [-0.1, -0.05) is 42.5 Å². The number of piperidine rings is 1. The Balaban J connectivity index is 1.42. The van der Waals surface area contributed by atoms with Crippen LogP contribution in [0.25, 0.3) is 22.3 Å². The minimum absolute atomic E-state index is 0.466. The molecule has 0 aliphatic carbocycles. The van der Waals surface area contributed by atoms with Crippen LogP contribution in [-0.2, 0) is 20.6 Å². The lowest BCUT2D eigenvalue weighted by atomic mass is 9.96. The Bertz CT molecular complexity index is 1170. The highest BCUT2D eigenvalue weighted by atomic mass is 15.3. The molecule has 5 rings (SSSR count). The first kappa shape index (κ1) is 19.1. The van der Waals surface area contributed by atoms with E-state index >= 15 is 0 Å². The van der Waals surface area contributed by atoms with E-state index in [1.807, 2.05) is 11.7 Å². The van der Waals surface area contributed by atoms with Crippen LogP contribution >= 0.6 is 0 Å². The lowest BCUT2D eigenvalue weighted by Crippen LogP contribution is -2.35. The summed E-state index contributed by atoms with van der Waals surface area (Å²) >= 11 is 0. The summed E-state index contributed by atoms with van der Waals surface area (Å²) in [4.78, 5) is 7.57. The van der Waals surface area contributed by atoms with Gasteiger partial charge in [0, 0.05) is 49.9 Å². The number of hydrogen-bond acceptors (Lipinski definition) is 3. The molecule has 0 bridgehead atoms. The molecule has 1 unspecified atom stereocenters. The molecule has 30 heavy (non-hydrogen) atoms. The van der Waals surface area contributed by atoms with Gasteiger partial charge in [0.1, 0.15) is 5.82 Å². The maximum absolute atomic E-state index is 4.98. The van der Waals surface area contributed by atoms with Crippen LogP contribution in [0.3, 0.4) is 0 Å². The zero-order chi connectivity index (χ0) is 20.7. The highest BCUT2D eigenvalue weighted by Gasteiger charge is 2.27. The van der Waals surface area contributed by atoms with Crippen LogP contribution in [0.4, 0.5) is 0 Å². The largest absolute Gasteiger partial charge is 0.331 e. The third kappa shape index (κ3) is 3.33. The van der Waals surface area contributed by atoms with Gasteiger partial charge in [-0.25, -0.2) is 4.98 Å². The van der Waals surface area contributed by atoms with Crippen LogP contribution in [0.1, 0.15) is 35.8 Å². The summed E-state index contributed by atoms with van der Waals surface area (Å²) in [5.74, 6) is 1.68.